The number of amides is 2. The van der Waals surface area contributed by atoms with Gasteiger partial charge in [-0.25, -0.2) is 0 Å². The molecule has 2 saturated heterocycles. The summed E-state index contributed by atoms with van der Waals surface area (Å²) in [6.07, 6.45) is 2.35. The average Bonchev–Trinajstić information content (AvgIpc) is 3.13. The minimum Gasteiger partial charge on any atom is -0.379 e. The molecule has 0 aromatic heterocycles. The maximum atomic E-state index is 12.7. The number of benzene rings is 1. The molecular weight excluding hydrogens is 328 g/mol. The molecule has 2 heterocycles. The van der Waals surface area contributed by atoms with Crippen LogP contribution in [-0.2, 0) is 14.9 Å². The van der Waals surface area contributed by atoms with Crippen LogP contribution in [0.1, 0.15) is 56.0 Å². The maximum absolute atomic E-state index is 12.7. The fourth-order valence-electron chi connectivity index (χ4n) is 3.61. The smallest absolute Gasteiger partial charge is 0.253 e. The van der Waals surface area contributed by atoms with Crippen LogP contribution in [0.25, 0.3) is 0 Å². The number of ether oxygens (including phenoxy) is 1. The number of rotatable bonds is 3. The summed E-state index contributed by atoms with van der Waals surface area (Å²) in [5, 5.41) is 3.08. The standard InChI is InChI=1S/C21H30N2O3/c1-21(2,3)17-6-4-16(5-7-17)20(25)23-11-8-15(9-12-23)19(24)22-18-10-13-26-14-18/h4-7,15,18H,8-14H2,1-3H3,(H,22,24). The molecule has 5 heteroatoms. The number of likely N-dealkylation sites (tertiary alicyclic amines) is 1. The van der Waals surface area contributed by atoms with Crippen LogP contribution >= 0.6 is 0 Å². The van der Waals surface area contributed by atoms with Crippen LogP contribution in [0.5, 0.6) is 0 Å². The molecule has 5 nitrogen and oxygen atoms in total. The van der Waals surface area contributed by atoms with Crippen LogP contribution in [0.4, 0.5) is 0 Å². The third kappa shape index (κ3) is 4.44. The SMILES string of the molecule is CC(C)(C)c1ccc(C(=O)N2CCC(C(=O)NC3CCOC3)CC2)cc1. The lowest BCUT2D eigenvalue weighted by Gasteiger charge is -2.32. The van der Waals surface area contributed by atoms with E-state index >= 15 is 0 Å². The highest BCUT2D eigenvalue weighted by Gasteiger charge is 2.29. The first-order valence-electron chi connectivity index (χ1n) is 9.62. The quantitative estimate of drug-likeness (QED) is 0.904. The Balaban J connectivity index is 1.52. The molecule has 2 aliphatic heterocycles. The van der Waals surface area contributed by atoms with Gasteiger partial charge in [0.25, 0.3) is 5.91 Å². The zero-order valence-electron chi connectivity index (χ0n) is 16.1. The number of hydrogen-bond acceptors (Lipinski definition) is 3. The van der Waals surface area contributed by atoms with Gasteiger partial charge in [0.1, 0.15) is 0 Å². The highest BCUT2D eigenvalue weighted by Crippen LogP contribution is 2.24. The Morgan fingerprint density at radius 2 is 1.73 bits per heavy atom. The van der Waals surface area contributed by atoms with Gasteiger partial charge in [-0.1, -0.05) is 32.9 Å². The highest BCUT2D eigenvalue weighted by molar-refractivity contribution is 5.94. The molecule has 1 unspecified atom stereocenters. The van der Waals surface area contributed by atoms with Crippen LogP contribution in [0.2, 0.25) is 0 Å². The minimum absolute atomic E-state index is 0.00270. The Kier molecular flexibility index (Phi) is 5.66. The van der Waals surface area contributed by atoms with E-state index < -0.39 is 0 Å². The molecule has 0 radical (unpaired) electrons. The Morgan fingerprint density at radius 1 is 1.08 bits per heavy atom. The van der Waals surface area contributed by atoms with E-state index in [9.17, 15) is 9.59 Å². The van der Waals surface area contributed by atoms with E-state index in [1.165, 1.54) is 5.56 Å². The fraction of sp³-hybridized carbons (Fsp3) is 0.619. The first kappa shape index (κ1) is 18.9. The van der Waals surface area contributed by atoms with E-state index in [4.69, 9.17) is 4.74 Å². The molecule has 3 rings (SSSR count). The molecule has 2 amide bonds. The molecule has 1 N–H and O–H groups in total. The largest absolute Gasteiger partial charge is 0.379 e. The number of nitrogens with one attached hydrogen (secondary N) is 1. The number of nitrogens with zero attached hydrogens (tertiary/aromatic N) is 1. The molecular formula is C21H30N2O3. The summed E-state index contributed by atoms with van der Waals surface area (Å²) < 4.78 is 5.30. The van der Waals surface area contributed by atoms with E-state index in [0.29, 0.717) is 19.7 Å². The summed E-state index contributed by atoms with van der Waals surface area (Å²) in [5.74, 6) is 0.179. The van der Waals surface area contributed by atoms with Gasteiger partial charge in [-0.05, 0) is 42.4 Å². The normalized spacial score (nSPS) is 21.7. The van der Waals surface area contributed by atoms with Crippen molar-refractivity contribution in [2.75, 3.05) is 26.3 Å². The third-order valence-corrected chi connectivity index (χ3v) is 5.43. The topological polar surface area (TPSA) is 58.6 Å². The first-order valence-corrected chi connectivity index (χ1v) is 9.62. The van der Waals surface area contributed by atoms with Crippen molar-refractivity contribution in [3.8, 4) is 0 Å². The zero-order chi connectivity index (χ0) is 18.7. The summed E-state index contributed by atoms with van der Waals surface area (Å²) in [6.45, 7) is 9.11. The predicted molar refractivity (Wildman–Crippen MR) is 101 cm³/mol. The van der Waals surface area contributed by atoms with Gasteiger partial charge in [-0.3, -0.25) is 9.59 Å². The molecule has 26 heavy (non-hydrogen) atoms. The Labute approximate surface area is 156 Å². The van der Waals surface area contributed by atoms with E-state index in [-0.39, 0.29) is 29.2 Å². The van der Waals surface area contributed by atoms with Gasteiger partial charge in [0, 0.05) is 31.2 Å². The molecule has 142 valence electrons. The summed E-state index contributed by atoms with van der Waals surface area (Å²) >= 11 is 0. The van der Waals surface area contributed by atoms with E-state index in [0.717, 1.165) is 31.4 Å². The second-order valence-corrected chi connectivity index (χ2v) is 8.46. The lowest BCUT2D eigenvalue weighted by molar-refractivity contribution is -0.127. The van der Waals surface area contributed by atoms with Gasteiger partial charge in [0.15, 0.2) is 0 Å². The summed E-state index contributed by atoms with van der Waals surface area (Å²) in [4.78, 5) is 27.0. The van der Waals surface area contributed by atoms with Crippen LogP contribution in [-0.4, -0.2) is 49.1 Å². The Hall–Kier alpha value is -1.88. The lowest BCUT2D eigenvalue weighted by Crippen LogP contribution is -2.45. The van der Waals surface area contributed by atoms with E-state index in [1.54, 1.807) is 0 Å². The fourth-order valence-corrected chi connectivity index (χ4v) is 3.61. The van der Waals surface area contributed by atoms with Crippen molar-refractivity contribution in [3.05, 3.63) is 35.4 Å². The molecule has 2 aliphatic rings. The highest BCUT2D eigenvalue weighted by atomic mass is 16.5. The van der Waals surface area contributed by atoms with E-state index in [1.807, 2.05) is 29.2 Å². The maximum Gasteiger partial charge on any atom is 0.253 e. The van der Waals surface area contributed by atoms with Gasteiger partial charge < -0.3 is 15.0 Å². The van der Waals surface area contributed by atoms with Gasteiger partial charge >= 0.3 is 0 Å². The van der Waals surface area contributed by atoms with Crippen molar-refractivity contribution < 1.29 is 14.3 Å². The molecule has 1 aromatic rings. The zero-order valence-corrected chi connectivity index (χ0v) is 16.1. The van der Waals surface area contributed by atoms with Gasteiger partial charge in [-0.15, -0.1) is 0 Å². The number of carbonyl (C=O) groups excluding carboxylic acids is 2. The molecule has 0 saturated carbocycles. The van der Waals surface area contributed by atoms with Gasteiger partial charge in [0.05, 0.1) is 12.6 Å². The number of piperidine rings is 1. The molecule has 1 aromatic carbocycles. The third-order valence-electron chi connectivity index (χ3n) is 5.43. The lowest BCUT2D eigenvalue weighted by atomic mass is 9.86. The number of carbonyl (C=O) groups is 2. The predicted octanol–water partition coefficient (Wildman–Crippen LogP) is 2.74. The molecule has 0 bridgehead atoms. The van der Waals surface area contributed by atoms with Crippen LogP contribution in [0, 0.1) is 5.92 Å². The summed E-state index contributed by atoms with van der Waals surface area (Å²) in [6, 6.07) is 8.07. The molecule has 0 aliphatic carbocycles. The second kappa shape index (κ2) is 7.78. The first-order chi connectivity index (χ1) is 12.3. The van der Waals surface area contributed by atoms with Crippen LogP contribution in [0.3, 0.4) is 0 Å². The summed E-state index contributed by atoms with van der Waals surface area (Å²) in [7, 11) is 0. The van der Waals surface area contributed by atoms with Crippen molar-refractivity contribution in [1.29, 1.82) is 0 Å². The van der Waals surface area contributed by atoms with E-state index in [2.05, 4.69) is 26.1 Å². The van der Waals surface area contributed by atoms with Crippen molar-refractivity contribution >= 4 is 11.8 Å². The minimum atomic E-state index is 0.00270. The monoisotopic (exact) mass is 358 g/mol. The van der Waals surface area contributed by atoms with Gasteiger partial charge in [0.2, 0.25) is 5.91 Å². The van der Waals surface area contributed by atoms with Crippen molar-refractivity contribution in [2.24, 2.45) is 5.92 Å². The van der Waals surface area contributed by atoms with Crippen LogP contribution < -0.4 is 5.32 Å². The molecule has 0 spiro atoms. The summed E-state index contributed by atoms with van der Waals surface area (Å²) in [5.41, 5.74) is 2.03. The van der Waals surface area contributed by atoms with Crippen molar-refractivity contribution in [2.45, 2.75) is 51.5 Å². The average molecular weight is 358 g/mol. The van der Waals surface area contributed by atoms with Crippen molar-refractivity contribution in [3.63, 3.8) is 0 Å². The van der Waals surface area contributed by atoms with Crippen LogP contribution in [0.15, 0.2) is 24.3 Å². The Morgan fingerprint density at radius 3 is 2.27 bits per heavy atom. The molecule has 1 atom stereocenters. The number of hydrogen-bond donors (Lipinski definition) is 1. The second-order valence-electron chi connectivity index (χ2n) is 8.46. The Bertz CT molecular complexity index is 634. The molecule has 2 fully saturated rings. The van der Waals surface area contributed by atoms with Crippen molar-refractivity contribution in [1.82, 2.24) is 10.2 Å². The van der Waals surface area contributed by atoms with Gasteiger partial charge in [-0.2, -0.15) is 0 Å².